The van der Waals surface area contributed by atoms with Gasteiger partial charge in [0.05, 0.1) is 18.3 Å². The van der Waals surface area contributed by atoms with Gasteiger partial charge in [-0.15, -0.1) is 0 Å². The molecule has 0 spiro atoms. The summed E-state index contributed by atoms with van der Waals surface area (Å²) in [6.45, 7) is 5.18. The van der Waals surface area contributed by atoms with Crippen LogP contribution < -0.4 is 5.32 Å². The fourth-order valence-electron chi connectivity index (χ4n) is 3.43. The lowest BCUT2D eigenvalue weighted by atomic mass is 9.68. The molecule has 8 nitrogen and oxygen atoms in total. The maximum absolute atomic E-state index is 11.9. The van der Waals surface area contributed by atoms with Crippen LogP contribution in [0, 0.1) is 17.8 Å². The molecule has 0 aliphatic heterocycles. The molecule has 0 bridgehead atoms. The van der Waals surface area contributed by atoms with Crippen molar-refractivity contribution in [3.05, 3.63) is 0 Å². The molecule has 1 aliphatic carbocycles. The molecule has 6 N–H and O–H groups in total. The number of rotatable bonds is 8. The monoisotopic (exact) mass is 361 g/mol. The van der Waals surface area contributed by atoms with E-state index in [-0.39, 0.29) is 31.2 Å². The summed E-state index contributed by atoms with van der Waals surface area (Å²) in [7, 11) is 0. The third-order valence-corrected chi connectivity index (χ3v) is 5.29. The van der Waals surface area contributed by atoms with Gasteiger partial charge in [0.25, 0.3) is 0 Å². The van der Waals surface area contributed by atoms with Gasteiger partial charge in [0.15, 0.2) is 5.60 Å². The Morgan fingerprint density at radius 1 is 1.28 bits per heavy atom. The average molecular weight is 361 g/mol. The topological polar surface area (TPSA) is 147 Å². The maximum atomic E-state index is 11.9. The number of carbonyl (C=O) groups is 2. The zero-order valence-electron chi connectivity index (χ0n) is 15.1. The molecule has 1 rings (SSSR count). The van der Waals surface area contributed by atoms with Crippen molar-refractivity contribution in [1.29, 1.82) is 0 Å². The van der Waals surface area contributed by atoms with Gasteiger partial charge in [-0.3, -0.25) is 4.79 Å². The molecule has 1 saturated carbocycles. The van der Waals surface area contributed by atoms with Gasteiger partial charge in [-0.1, -0.05) is 27.2 Å². The van der Waals surface area contributed by atoms with Gasteiger partial charge in [0, 0.05) is 18.9 Å². The van der Waals surface area contributed by atoms with Crippen LogP contribution in [0.3, 0.4) is 0 Å². The van der Waals surface area contributed by atoms with Gasteiger partial charge in [-0.2, -0.15) is 0 Å². The zero-order chi connectivity index (χ0) is 19.4. The molecule has 1 fully saturated rings. The fraction of sp³-hybridized carbons (Fsp3) is 0.882. The van der Waals surface area contributed by atoms with Crippen molar-refractivity contribution in [3.8, 4) is 0 Å². The van der Waals surface area contributed by atoms with Crippen LogP contribution in [-0.4, -0.2) is 67.9 Å². The van der Waals surface area contributed by atoms with Gasteiger partial charge >= 0.3 is 5.97 Å². The number of hydrogen-bond donors (Lipinski definition) is 6. The first-order chi connectivity index (χ1) is 11.5. The van der Waals surface area contributed by atoms with Crippen LogP contribution in [0.5, 0.6) is 0 Å². The molecule has 1 amide bonds. The minimum Gasteiger partial charge on any atom is -0.479 e. The zero-order valence-corrected chi connectivity index (χ0v) is 15.1. The number of carbonyl (C=O) groups excluding carboxylic acids is 1. The molecular formula is C17H31NO7. The SMILES string of the molecule is CCCC(C)C(=O)NCC(O)C(O)C1CC(O)(C(=O)O)CC(O)C1C. The van der Waals surface area contributed by atoms with Gasteiger partial charge in [-0.25, -0.2) is 4.79 Å². The van der Waals surface area contributed by atoms with Crippen LogP contribution in [0.4, 0.5) is 0 Å². The van der Waals surface area contributed by atoms with Crippen LogP contribution in [0.2, 0.25) is 0 Å². The van der Waals surface area contributed by atoms with E-state index < -0.39 is 41.7 Å². The number of carboxylic acid groups (broad SMARTS) is 1. The molecule has 0 aromatic rings. The molecule has 25 heavy (non-hydrogen) atoms. The molecule has 0 radical (unpaired) electrons. The number of carboxylic acids is 1. The Kier molecular flexibility index (Phi) is 7.80. The quantitative estimate of drug-likeness (QED) is 0.341. The Bertz CT molecular complexity index is 472. The van der Waals surface area contributed by atoms with E-state index in [1.54, 1.807) is 13.8 Å². The fourth-order valence-corrected chi connectivity index (χ4v) is 3.43. The summed E-state index contributed by atoms with van der Waals surface area (Å²) in [5.41, 5.74) is -2.14. The first-order valence-electron chi connectivity index (χ1n) is 8.81. The van der Waals surface area contributed by atoms with Crippen LogP contribution in [-0.2, 0) is 9.59 Å². The number of aliphatic hydroxyl groups is 4. The third-order valence-electron chi connectivity index (χ3n) is 5.29. The number of hydrogen-bond acceptors (Lipinski definition) is 6. The second-order valence-electron chi connectivity index (χ2n) is 7.33. The minimum atomic E-state index is -2.14. The van der Waals surface area contributed by atoms with Crippen LogP contribution in [0.15, 0.2) is 0 Å². The Labute approximate surface area is 147 Å². The lowest BCUT2D eigenvalue weighted by Gasteiger charge is -2.43. The second-order valence-corrected chi connectivity index (χ2v) is 7.33. The summed E-state index contributed by atoms with van der Waals surface area (Å²) in [4.78, 5) is 23.1. The first-order valence-corrected chi connectivity index (χ1v) is 8.81. The highest BCUT2D eigenvalue weighted by atomic mass is 16.4. The standard InChI is InChI=1S/C17H31NO7/c1-4-5-9(2)15(22)18-8-13(20)14(21)11-6-17(25,16(23)24)7-12(19)10(11)3/h9-14,19-21,25H,4-8H2,1-3H3,(H,18,22)(H,23,24). The highest BCUT2D eigenvalue weighted by Gasteiger charge is 2.50. The predicted molar refractivity (Wildman–Crippen MR) is 89.6 cm³/mol. The summed E-state index contributed by atoms with van der Waals surface area (Å²) in [6.07, 6.45) is -2.85. The van der Waals surface area contributed by atoms with Crippen molar-refractivity contribution in [2.45, 2.75) is 70.4 Å². The van der Waals surface area contributed by atoms with Gasteiger partial charge in [-0.05, 0) is 24.7 Å². The summed E-state index contributed by atoms with van der Waals surface area (Å²) < 4.78 is 0. The molecule has 1 aliphatic rings. The van der Waals surface area contributed by atoms with Crippen molar-refractivity contribution < 1.29 is 35.1 Å². The molecule has 7 atom stereocenters. The van der Waals surface area contributed by atoms with E-state index >= 15 is 0 Å². The van der Waals surface area contributed by atoms with Crippen LogP contribution >= 0.6 is 0 Å². The number of amides is 1. The van der Waals surface area contributed by atoms with Crippen LogP contribution in [0.25, 0.3) is 0 Å². The van der Waals surface area contributed by atoms with Crippen molar-refractivity contribution in [2.75, 3.05) is 6.54 Å². The molecule has 0 saturated heterocycles. The molecule has 0 heterocycles. The van der Waals surface area contributed by atoms with E-state index in [0.29, 0.717) is 6.42 Å². The third kappa shape index (κ3) is 5.37. The normalized spacial score (nSPS) is 33.3. The molecular weight excluding hydrogens is 330 g/mol. The van der Waals surface area contributed by atoms with E-state index in [2.05, 4.69) is 5.32 Å². The van der Waals surface area contributed by atoms with E-state index in [1.165, 1.54) is 0 Å². The molecule has 146 valence electrons. The first kappa shape index (κ1) is 21.8. The highest BCUT2D eigenvalue weighted by Crippen LogP contribution is 2.39. The van der Waals surface area contributed by atoms with Crippen molar-refractivity contribution in [1.82, 2.24) is 5.32 Å². The second kappa shape index (κ2) is 8.93. The summed E-state index contributed by atoms with van der Waals surface area (Å²) >= 11 is 0. The van der Waals surface area contributed by atoms with Crippen molar-refractivity contribution >= 4 is 11.9 Å². The Balaban J connectivity index is 2.71. The maximum Gasteiger partial charge on any atom is 0.335 e. The van der Waals surface area contributed by atoms with Gasteiger partial charge in [0.1, 0.15) is 0 Å². The molecule has 0 aromatic heterocycles. The smallest absolute Gasteiger partial charge is 0.335 e. The lowest BCUT2D eigenvalue weighted by Crippen LogP contribution is -2.56. The van der Waals surface area contributed by atoms with Crippen molar-refractivity contribution in [2.24, 2.45) is 17.8 Å². The van der Waals surface area contributed by atoms with Crippen LogP contribution in [0.1, 0.15) is 46.5 Å². The molecule has 0 aromatic carbocycles. The van der Waals surface area contributed by atoms with E-state index in [4.69, 9.17) is 5.11 Å². The summed E-state index contributed by atoms with van der Waals surface area (Å²) in [5, 5.41) is 52.5. The van der Waals surface area contributed by atoms with Gasteiger partial charge in [0.2, 0.25) is 5.91 Å². The predicted octanol–water partition coefficient (Wildman–Crippen LogP) is -0.517. The number of aliphatic carboxylic acids is 1. The van der Waals surface area contributed by atoms with E-state index in [1.807, 2.05) is 6.92 Å². The van der Waals surface area contributed by atoms with Gasteiger partial charge < -0.3 is 30.8 Å². The highest BCUT2D eigenvalue weighted by molar-refractivity contribution is 5.78. The number of nitrogens with one attached hydrogen (secondary N) is 1. The van der Waals surface area contributed by atoms with E-state index in [0.717, 1.165) is 6.42 Å². The number of aliphatic hydroxyl groups excluding tert-OH is 3. The summed E-state index contributed by atoms with van der Waals surface area (Å²) in [6, 6.07) is 0. The summed E-state index contributed by atoms with van der Waals surface area (Å²) in [5.74, 6) is -3.22. The lowest BCUT2D eigenvalue weighted by molar-refractivity contribution is -0.180. The van der Waals surface area contributed by atoms with Crippen molar-refractivity contribution in [3.63, 3.8) is 0 Å². The largest absolute Gasteiger partial charge is 0.479 e. The van der Waals surface area contributed by atoms with E-state index in [9.17, 15) is 30.0 Å². The Morgan fingerprint density at radius 3 is 2.40 bits per heavy atom. The Morgan fingerprint density at radius 2 is 1.88 bits per heavy atom. The molecule has 8 heteroatoms. The minimum absolute atomic E-state index is 0.182. The Hall–Kier alpha value is -1.22. The average Bonchev–Trinajstić information content (AvgIpc) is 2.55. The molecule has 7 unspecified atom stereocenters.